The molecule has 8 rings (SSSR count). The quantitative estimate of drug-likeness (QED) is 0.145. The van der Waals surface area contributed by atoms with E-state index in [1.807, 2.05) is 18.2 Å². The number of hydrogen-bond acceptors (Lipinski definition) is 6. The first-order valence-electron chi connectivity index (χ1n) is 16.4. The number of rotatable bonds is 9. The first-order valence-corrected chi connectivity index (χ1v) is 17.2. The Hall–Kier alpha value is -5.71. The Morgan fingerprint density at radius 1 is 0.963 bits per heavy atom. The molecule has 1 fully saturated rings. The van der Waals surface area contributed by atoms with Crippen LogP contribution in [0.3, 0.4) is 0 Å². The molecule has 0 saturated heterocycles. The number of halogens is 8. The van der Waals surface area contributed by atoms with E-state index >= 15 is 8.78 Å². The summed E-state index contributed by atoms with van der Waals surface area (Å²) in [6.45, 7) is -1.07. The molecule has 0 spiro atoms. The maximum atomic E-state index is 15.3. The number of alkyl halides is 5. The van der Waals surface area contributed by atoms with E-state index in [0.717, 1.165) is 29.8 Å². The van der Waals surface area contributed by atoms with Gasteiger partial charge in [-0.05, 0) is 60.2 Å². The zero-order valence-electron chi connectivity index (χ0n) is 27.4. The van der Waals surface area contributed by atoms with E-state index in [4.69, 9.17) is 10.7 Å². The highest BCUT2D eigenvalue weighted by Crippen LogP contribution is 2.68. The van der Waals surface area contributed by atoms with Crippen molar-refractivity contribution in [1.29, 1.82) is 0 Å². The second-order valence-electron chi connectivity index (χ2n) is 13.1. The molecule has 2 aliphatic carbocycles. The minimum atomic E-state index is -5.07. The van der Waals surface area contributed by atoms with Crippen LogP contribution in [0.25, 0.3) is 32.0 Å². The normalized spacial score (nSPS) is 17.6. The van der Waals surface area contributed by atoms with Gasteiger partial charge in [-0.3, -0.25) is 14.3 Å². The molecule has 276 valence electrons. The van der Waals surface area contributed by atoms with E-state index in [0.29, 0.717) is 20.5 Å². The van der Waals surface area contributed by atoms with Crippen molar-refractivity contribution in [2.24, 2.45) is 11.7 Å². The number of thiazole rings is 1. The van der Waals surface area contributed by atoms with Gasteiger partial charge in [-0.15, -0.1) is 11.3 Å². The van der Waals surface area contributed by atoms with E-state index in [1.165, 1.54) is 17.4 Å². The van der Waals surface area contributed by atoms with Gasteiger partial charge in [0.15, 0.2) is 11.3 Å². The van der Waals surface area contributed by atoms with E-state index in [9.17, 15) is 35.9 Å². The van der Waals surface area contributed by atoms with Crippen molar-refractivity contribution < 1.29 is 44.7 Å². The van der Waals surface area contributed by atoms with Crippen LogP contribution in [0.15, 0.2) is 72.8 Å². The van der Waals surface area contributed by atoms with Crippen LogP contribution in [0.4, 0.5) is 35.1 Å². The minimum absolute atomic E-state index is 0.0109. The van der Waals surface area contributed by atoms with Gasteiger partial charge in [0.05, 0.1) is 22.0 Å². The lowest BCUT2D eigenvalue weighted by molar-refractivity contribution is -0.142. The third kappa shape index (κ3) is 6.25. The molecular weight excluding hydrogens is 744 g/mol. The maximum absolute atomic E-state index is 15.3. The van der Waals surface area contributed by atoms with Gasteiger partial charge in [0.25, 0.3) is 11.8 Å². The van der Waals surface area contributed by atoms with Crippen molar-refractivity contribution in [2.45, 2.75) is 43.4 Å². The third-order valence-electron chi connectivity index (χ3n) is 9.50. The van der Waals surface area contributed by atoms with Gasteiger partial charge >= 0.3 is 6.18 Å². The third-order valence-corrected chi connectivity index (χ3v) is 10.5. The Bertz CT molecular complexity index is 2480. The summed E-state index contributed by atoms with van der Waals surface area (Å²) in [4.78, 5) is 35.3. The van der Waals surface area contributed by atoms with Gasteiger partial charge < -0.3 is 11.1 Å². The lowest BCUT2D eigenvalue weighted by atomic mass is 9.94. The Balaban J connectivity index is 1.26. The average molecular weight is 769 g/mol. The van der Waals surface area contributed by atoms with Gasteiger partial charge in [0.2, 0.25) is 5.91 Å². The fourth-order valence-electron chi connectivity index (χ4n) is 7.11. The minimum Gasteiger partial charge on any atom is -0.366 e. The number of benzene rings is 3. The zero-order valence-corrected chi connectivity index (χ0v) is 28.2. The average Bonchev–Trinajstić information content (AvgIpc) is 3.55. The highest BCUT2D eigenvalue weighted by Gasteiger charge is 2.68. The maximum Gasteiger partial charge on any atom is 0.435 e. The van der Waals surface area contributed by atoms with Gasteiger partial charge in [0.1, 0.15) is 34.7 Å². The van der Waals surface area contributed by atoms with Crippen LogP contribution < -0.4 is 11.1 Å². The van der Waals surface area contributed by atoms with Crippen molar-refractivity contribution in [3.63, 3.8) is 0 Å². The van der Waals surface area contributed by atoms with Crippen LogP contribution in [0.1, 0.15) is 56.9 Å². The topological polar surface area (TPSA) is 116 Å². The second kappa shape index (κ2) is 12.7. The van der Waals surface area contributed by atoms with Crippen LogP contribution in [0.2, 0.25) is 0 Å². The monoisotopic (exact) mass is 768 g/mol. The smallest absolute Gasteiger partial charge is 0.366 e. The number of aromatic nitrogens is 4. The van der Waals surface area contributed by atoms with Crippen LogP contribution >= 0.6 is 11.3 Å². The highest BCUT2D eigenvalue weighted by atomic mass is 32.1. The summed E-state index contributed by atoms with van der Waals surface area (Å²) in [7, 11) is 0. The fourth-order valence-corrected chi connectivity index (χ4v) is 8.06. The molecule has 17 heteroatoms. The number of amides is 2. The Labute approximate surface area is 303 Å². The van der Waals surface area contributed by atoms with E-state index in [-0.39, 0.29) is 40.9 Å². The predicted octanol–water partition coefficient (Wildman–Crippen LogP) is 8.07. The number of primary amides is 1. The largest absolute Gasteiger partial charge is 0.435 e. The molecule has 2 aliphatic rings. The summed E-state index contributed by atoms with van der Waals surface area (Å²) in [5.74, 6) is -11.1. The predicted molar refractivity (Wildman–Crippen MR) is 180 cm³/mol. The van der Waals surface area contributed by atoms with Crippen LogP contribution in [-0.2, 0) is 29.9 Å². The number of carbonyl (C=O) groups excluding carboxylic acids is 2. The van der Waals surface area contributed by atoms with Crippen LogP contribution in [-0.4, -0.2) is 31.6 Å². The SMILES string of the molecule is NC(=O)c1cc(-c2cc3sc(-c4ccccc4)nc3nc2[C@H](Cc2cc(F)cc(F)c2)NC(=O)Cn2nc(C(F)(F)F)c3c2C(F)(F)[C@@H]2C[C@H]32)ccc1F. The molecule has 0 aliphatic heterocycles. The molecule has 6 aromatic rings. The standard InChI is InChI=1S/C37H24F8N6O2S/c38-19-8-16(9-20(39)12-19)10-26(47-28(52)15-51-32-29(31(50-51)37(43,44)45)22-13-24(22)36(32,41)42)30-21(18-6-7-25(40)23(11-18)33(46)53)14-27-34(48-30)49-35(54-27)17-4-2-1-3-5-17/h1-9,11-12,14,22,24,26H,10,13,15H2,(H2,46,53)(H,47,52)/t22-,24+,26-/m0/s1. The molecule has 0 bridgehead atoms. The molecule has 1 saturated carbocycles. The Morgan fingerprint density at radius 2 is 1.69 bits per heavy atom. The van der Waals surface area contributed by atoms with Crippen LogP contribution in [0.5, 0.6) is 0 Å². The Kier molecular flexibility index (Phi) is 8.31. The van der Waals surface area contributed by atoms with Crippen LogP contribution in [0, 0.1) is 23.4 Å². The summed E-state index contributed by atoms with van der Waals surface area (Å²) in [5, 5.41) is 6.56. The first-order chi connectivity index (χ1) is 25.6. The number of nitrogens with one attached hydrogen (secondary N) is 1. The summed E-state index contributed by atoms with van der Waals surface area (Å²) in [6.07, 6.45) is -5.59. The van der Waals surface area contributed by atoms with E-state index in [1.54, 1.807) is 18.2 Å². The molecular formula is C37H24F8N6O2S. The molecule has 0 unspecified atom stereocenters. The number of carbonyl (C=O) groups is 2. The number of nitrogens with two attached hydrogens (primary N) is 1. The number of hydrogen-bond donors (Lipinski definition) is 2. The van der Waals surface area contributed by atoms with Gasteiger partial charge in [-0.2, -0.15) is 27.1 Å². The number of pyridine rings is 1. The van der Waals surface area contributed by atoms with Crippen molar-refractivity contribution in [1.82, 2.24) is 25.1 Å². The number of nitrogens with zero attached hydrogens (tertiary/aromatic N) is 4. The lowest BCUT2D eigenvalue weighted by Gasteiger charge is -2.23. The summed E-state index contributed by atoms with van der Waals surface area (Å²) in [5.41, 5.74) is 3.11. The molecule has 2 amide bonds. The molecule has 3 atom stereocenters. The molecule has 3 N–H and O–H groups in total. The molecule has 8 nitrogen and oxygen atoms in total. The second-order valence-corrected chi connectivity index (χ2v) is 14.2. The summed E-state index contributed by atoms with van der Waals surface area (Å²) >= 11 is 1.24. The fraction of sp³-hybridized carbons (Fsp3) is 0.216. The zero-order chi connectivity index (χ0) is 38.3. The van der Waals surface area contributed by atoms with E-state index < -0.39 is 88.3 Å². The molecule has 3 aromatic heterocycles. The van der Waals surface area contributed by atoms with Gasteiger partial charge in [0, 0.05) is 28.7 Å². The first kappa shape index (κ1) is 35.3. The molecule has 0 radical (unpaired) electrons. The summed E-state index contributed by atoms with van der Waals surface area (Å²) < 4.78 is 117. The molecule has 3 aromatic carbocycles. The van der Waals surface area contributed by atoms with Crippen molar-refractivity contribution in [3.8, 4) is 21.7 Å². The van der Waals surface area contributed by atoms with Crippen molar-refractivity contribution >= 4 is 33.5 Å². The van der Waals surface area contributed by atoms with Gasteiger partial charge in [-0.1, -0.05) is 36.4 Å². The van der Waals surface area contributed by atoms with Gasteiger partial charge in [-0.25, -0.2) is 23.1 Å². The van der Waals surface area contributed by atoms with E-state index in [2.05, 4.69) is 15.4 Å². The molecule has 3 heterocycles. The lowest BCUT2D eigenvalue weighted by Crippen LogP contribution is -2.35. The Morgan fingerprint density at radius 3 is 2.37 bits per heavy atom. The highest BCUT2D eigenvalue weighted by molar-refractivity contribution is 7.21. The van der Waals surface area contributed by atoms with Crippen molar-refractivity contribution in [2.75, 3.05) is 0 Å². The molecule has 54 heavy (non-hydrogen) atoms. The summed E-state index contributed by atoms with van der Waals surface area (Å²) in [6, 6.07) is 15.3. The van der Waals surface area contributed by atoms with Crippen molar-refractivity contribution in [3.05, 3.63) is 124 Å². The number of fused-ring (bicyclic) bond motifs is 4.